The highest BCUT2D eigenvalue weighted by Crippen LogP contribution is 2.32. The SMILES string of the molecule is CC(C)Oc1ccccc1Oc1ccc(/C=C(/NC(=O)c2ccccc2)C(=O)O)cc1. The van der Waals surface area contributed by atoms with Gasteiger partial charge in [-0.05, 0) is 61.9 Å². The molecule has 158 valence electrons. The number of nitrogens with one attached hydrogen (secondary N) is 1. The van der Waals surface area contributed by atoms with Crippen LogP contribution in [0, 0.1) is 0 Å². The minimum atomic E-state index is -1.23. The second kappa shape index (κ2) is 10.1. The van der Waals surface area contributed by atoms with Crippen LogP contribution in [0.15, 0.2) is 84.6 Å². The van der Waals surface area contributed by atoms with Crippen molar-refractivity contribution in [3.8, 4) is 17.2 Å². The summed E-state index contributed by atoms with van der Waals surface area (Å²) in [6.07, 6.45) is 1.40. The maximum atomic E-state index is 12.3. The number of hydrogen-bond donors (Lipinski definition) is 2. The Bertz CT molecular complexity index is 1070. The predicted molar refractivity (Wildman–Crippen MR) is 118 cm³/mol. The van der Waals surface area contributed by atoms with Crippen molar-refractivity contribution in [3.05, 3.63) is 95.7 Å². The van der Waals surface area contributed by atoms with E-state index in [0.29, 0.717) is 28.4 Å². The largest absolute Gasteiger partial charge is 0.487 e. The standard InChI is InChI=1S/C25H23NO5/c1-17(2)30-22-10-6-7-11-23(22)31-20-14-12-18(13-15-20)16-21(25(28)29)26-24(27)19-8-4-3-5-9-19/h3-17H,1-2H3,(H,26,27)(H,28,29)/b21-16+. The summed E-state index contributed by atoms with van der Waals surface area (Å²) in [5, 5.41) is 11.9. The molecule has 0 saturated carbocycles. The number of ether oxygens (including phenoxy) is 2. The molecule has 3 aromatic carbocycles. The fourth-order valence-corrected chi connectivity index (χ4v) is 2.75. The monoisotopic (exact) mass is 417 g/mol. The quantitative estimate of drug-likeness (QED) is 0.497. The van der Waals surface area contributed by atoms with Crippen molar-refractivity contribution >= 4 is 18.0 Å². The number of amides is 1. The molecule has 0 aromatic heterocycles. The van der Waals surface area contributed by atoms with Gasteiger partial charge in [0.25, 0.3) is 5.91 Å². The van der Waals surface area contributed by atoms with Gasteiger partial charge >= 0.3 is 5.97 Å². The number of hydrogen-bond acceptors (Lipinski definition) is 4. The van der Waals surface area contributed by atoms with Crippen LogP contribution in [-0.4, -0.2) is 23.1 Å². The summed E-state index contributed by atoms with van der Waals surface area (Å²) < 4.78 is 11.7. The van der Waals surface area contributed by atoms with Crippen LogP contribution in [0.2, 0.25) is 0 Å². The maximum Gasteiger partial charge on any atom is 0.352 e. The van der Waals surface area contributed by atoms with Crippen molar-refractivity contribution in [1.82, 2.24) is 5.32 Å². The minimum absolute atomic E-state index is 0.0119. The van der Waals surface area contributed by atoms with E-state index in [1.54, 1.807) is 54.6 Å². The lowest BCUT2D eigenvalue weighted by atomic mass is 10.1. The molecule has 0 aliphatic rings. The van der Waals surface area contributed by atoms with Gasteiger partial charge in [0.1, 0.15) is 11.4 Å². The summed E-state index contributed by atoms with van der Waals surface area (Å²) in [7, 11) is 0. The zero-order chi connectivity index (χ0) is 22.2. The first-order valence-corrected chi connectivity index (χ1v) is 9.77. The predicted octanol–water partition coefficient (Wildman–Crippen LogP) is 5.12. The van der Waals surface area contributed by atoms with Gasteiger partial charge in [0, 0.05) is 5.56 Å². The summed E-state index contributed by atoms with van der Waals surface area (Å²) in [6, 6.07) is 22.7. The Hall–Kier alpha value is -4.06. The van der Waals surface area contributed by atoms with E-state index in [1.807, 2.05) is 38.1 Å². The third-order valence-electron chi connectivity index (χ3n) is 4.15. The molecule has 0 aliphatic carbocycles. The van der Waals surface area contributed by atoms with Crippen molar-refractivity contribution in [3.63, 3.8) is 0 Å². The zero-order valence-corrected chi connectivity index (χ0v) is 17.2. The second-order valence-electron chi connectivity index (χ2n) is 6.97. The Morgan fingerprint density at radius 3 is 2.10 bits per heavy atom. The van der Waals surface area contributed by atoms with Crippen LogP contribution >= 0.6 is 0 Å². The second-order valence-corrected chi connectivity index (χ2v) is 6.97. The summed E-state index contributed by atoms with van der Waals surface area (Å²) in [5.74, 6) is 0.0709. The Balaban J connectivity index is 1.74. The molecule has 0 fully saturated rings. The van der Waals surface area contributed by atoms with E-state index in [2.05, 4.69) is 5.32 Å². The molecular formula is C25H23NO5. The van der Waals surface area contributed by atoms with E-state index >= 15 is 0 Å². The fraction of sp³-hybridized carbons (Fsp3) is 0.120. The first kappa shape index (κ1) is 21.6. The Morgan fingerprint density at radius 2 is 1.48 bits per heavy atom. The van der Waals surface area contributed by atoms with Crippen LogP contribution < -0.4 is 14.8 Å². The van der Waals surface area contributed by atoms with Crippen LogP contribution in [0.4, 0.5) is 0 Å². The molecule has 0 radical (unpaired) electrons. The van der Waals surface area contributed by atoms with Gasteiger partial charge in [0.2, 0.25) is 0 Å². The molecule has 0 aliphatic heterocycles. The third kappa shape index (κ3) is 6.21. The fourth-order valence-electron chi connectivity index (χ4n) is 2.75. The van der Waals surface area contributed by atoms with Gasteiger partial charge in [-0.2, -0.15) is 0 Å². The van der Waals surface area contributed by atoms with Crippen LogP contribution in [0.25, 0.3) is 6.08 Å². The molecule has 1 amide bonds. The van der Waals surface area contributed by atoms with Crippen LogP contribution in [0.5, 0.6) is 17.2 Å². The Labute approximate surface area is 180 Å². The topological polar surface area (TPSA) is 84.9 Å². The molecule has 0 spiro atoms. The molecular weight excluding hydrogens is 394 g/mol. The number of carbonyl (C=O) groups excluding carboxylic acids is 1. The summed E-state index contributed by atoms with van der Waals surface area (Å²) in [4.78, 5) is 23.9. The van der Waals surface area contributed by atoms with Gasteiger partial charge in [-0.25, -0.2) is 4.79 Å². The van der Waals surface area contributed by atoms with Gasteiger partial charge < -0.3 is 19.9 Å². The van der Waals surface area contributed by atoms with E-state index in [1.165, 1.54) is 6.08 Å². The molecule has 3 rings (SSSR count). The lowest BCUT2D eigenvalue weighted by Crippen LogP contribution is -2.27. The van der Waals surface area contributed by atoms with Crippen molar-refractivity contribution < 1.29 is 24.2 Å². The van der Waals surface area contributed by atoms with Crippen LogP contribution in [0.1, 0.15) is 29.8 Å². The molecule has 0 atom stereocenters. The van der Waals surface area contributed by atoms with Gasteiger partial charge in [-0.3, -0.25) is 4.79 Å². The molecule has 0 heterocycles. The van der Waals surface area contributed by atoms with E-state index in [0.717, 1.165) is 0 Å². The van der Waals surface area contributed by atoms with Crippen molar-refractivity contribution in [2.75, 3.05) is 0 Å². The maximum absolute atomic E-state index is 12.3. The number of carbonyl (C=O) groups is 2. The molecule has 6 nitrogen and oxygen atoms in total. The van der Waals surface area contributed by atoms with Crippen molar-refractivity contribution in [1.29, 1.82) is 0 Å². The number of rotatable bonds is 8. The summed E-state index contributed by atoms with van der Waals surface area (Å²) >= 11 is 0. The van der Waals surface area contributed by atoms with Crippen molar-refractivity contribution in [2.24, 2.45) is 0 Å². The average molecular weight is 417 g/mol. The molecule has 0 unspecified atom stereocenters. The van der Waals surface area contributed by atoms with Crippen molar-refractivity contribution in [2.45, 2.75) is 20.0 Å². The Morgan fingerprint density at radius 1 is 0.871 bits per heavy atom. The molecule has 31 heavy (non-hydrogen) atoms. The molecule has 0 bridgehead atoms. The van der Waals surface area contributed by atoms with Gasteiger partial charge in [-0.1, -0.05) is 42.5 Å². The lowest BCUT2D eigenvalue weighted by Gasteiger charge is -2.14. The molecule has 0 saturated heterocycles. The summed E-state index contributed by atoms with van der Waals surface area (Å²) in [6.45, 7) is 3.88. The number of aliphatic carboxylic acids is 1. The molecule has 2 N–H and O–H groups in total. The highest BCUT2D eigenvalue weighted by Gasteiger charge is 2.13. The average Bonchev–Trinajstić information content (AvgIpc) is 2.76. The number of benzene rings is 3. The molecule has 3 aromatic rings. The van der Waals surface area contributed by atoms with E-state index < -0.39 is 11.9 Å². The number of carboxylic acid groups (broad SMARTS) is 1. The Kier molecular flexibility index (Phi) is 7.06. The summed E-state index contributed by atoms with van der Waals surface area (Å²) in [5.41, 5.74) is 0.753. The normalized spacial score (nSPS) is 11.1. The highest BCUT2D eigenvalue weighted by atomic mass is 16.5. The first-order valence-electron chi connectivity index (χ1n) is 9.77. The highest BCUT2D eigenvalue weighted by molar-refractivity contribution is 6.02. The van der Waals surface area contributed by atoms with E-state index in [-0.39, 0.29) is 11.8 Å². The lowest BCUT2D eigenvalue weighted by molar-refractivity contribution is -0.132. The first-order chi connectivity index (χ1) is 14.9. The van der Waals surface area contributed by atoms with Gasteiger partial charge in [0.05, 0.1) is 6.10 Å². The van der Waals surface area contributed by atoms with Crippen LogP contribution in [0.3, 0.4) is 0 Å². The van der Waals surface area contributed by atoms with Crippen LogP contribution in [-0.2, 0) is 4.79 Å². The van der Waals surface area contributed by atoms with E-state index in [4.69, 9.17) is 9.47 Å². The molecule has 6 heteroatoms. The van der Waals surface area contributed by atoms with Gasteiger partial charge in [-0.15, -0.1) is 0 Å². The minimum Gasteiger partial charge on any atom is -0.487 e. The van der Waals surface area contributed by atoms with E-state index in [9.17, 15) is 14.7 Å². The van der Waals surface area contributed by atoms with Gasteiger partial charge in [0.15, 0.2) is 11.5 Å². The smallest absolute Gasteiger partial charge is 0.352 e. The third-order valence-corrected chi connectivity index (χ3v) is 4.15. The number of carboxylic acids is 1. The zero-order valence-electron chi connectivity index (χ0n) is 17.2. The number of para-hydroxylation sites is 2.